The Morgan fingerprint density at radius 1 is 0.750 bits per heavy atom. The van der Waals surface area contributed by atoms with Crippen molar-refractivity contribution in [3.05, 3.63) is 0 Å². The molecule has 0 fully saturated rings. The predicted molar refractivity (Wildman–Crippen MR) is 78.5 cm³/mol. The van der Waals surface area contributed by atoms with Crippen molar-refractivity contribution in [2.45, 2.75) is 52.9 Å². The third kappa shape index (κ3) is 4.32. The van der Waals surface area contributed by atoms with Gasteiger partial charge in [-0.15, -0.1) is 0 Å². The Morgan fingerprint density at radius 3 is 1.19 bits per heavy atom. The van der Waals surface area contributed by atoms with Crippen molar-refractivity contribution in [2.75, 3.05) is 26.2 Å². The summed E-state index contributed by atoms with van der Waals surface area (Å²) < 4.78 is 5.38. The fraction of sp³-hybridized carbons (Fsp3) is 1.00. The van der Waals surface area contributed by atoms with Gasteiger partial charge in [0.25, 0.3) is 0 Å². The van der Waals surface area contributed by atoms with Crippen LogP contribution in [0.4, 0.5) is 0 Å². The molecule has 4 heteroatoms. The molecule has 0 aromatic carbocycles. The summed E-state index contributed by atoms with van der Waals surface area (Å²) in [5, 5.41) is 0.926. The summed E-state index contributed by atoms with van der Waals surface area (Å²) in [6, 6.07) is 0. The van der Waals surface area contributed by atoms with Crippen LogP contribution in [0.2, 0.25) is 18.3 Å². The van der Waals surface area contributed by atoms with Crippen LogP contribution in [0.25, 0.3) is 0 Å². The fourth-order valence-electron chi connectivity index (χ4n) is 2.29. The van der Waals surface area contributed by atoms with E-state index < -0.39 is 0 Å². The summed E-state index contributed by atoms with van der Waals surface area (Å²) in [4.78, 5) is 0. The highest BCUT2D eigenvalue weighted by Crippen LogP contribution is 2.19. The summed E-state index contributed by atoms with van der Waals surface area (Å²) in [7, 11) is -0.668. The molecule has 0 aliphatic rings. The van der Waals surface area contributed by atoms with Gasteiger partial charge < -0.3 is 9.13 Å². The molecule has 0 aliphatic carbocycles. The minimum absolute atomic E-state index is 0.334. The summed E-state index contributed by atoms with van der Waals surface area (Å²) >= 11 is 0. The van der Waals surface area contributed by atoms with Crippen molar-refractivity contribution in [1.29, 1.82) is 0 Å². The van der Waals surface area contributed by atoms with E-state index in [-0.39, 0.29) is 17.9 Å². The first-order valence-corrected chi connectivity index (χ1v) is 10.7. The smallest absolute Gasteiger partial charge is 0.134 e. The van der Waals surface area contributed by atoms with Crippen LogP contribution in [-0.2, 0) is 0 Å². The van der Waals surface area contributed by atoms with Crippen molar-refractivity contribution in [3.8, 4) is 0 Å². The standard InChI is InChI=1S/C12H30N2Si2/c1-8-13(9-2)15(6)12(5)16(7)14(10-3)11-4/h12H,8-11H2,1-7H3. The van der Waals surface area contributed by atoms with Crippen molar-refractivity contribution >= 4 is 17.9 Å². The Labute approximate surface area is 106 Å². The number of hydrogen-bond acceptors (Lipinski definition) is 2. The van der Waals surface area contributed by atoms with E-state index in [0.29, 0.717) is 0 Å². The van der Waals surface area contributed by atoms with Crippen LogP contribution in [0.3, 0.4) is 0 Å². The van der Waals surface area contributed by atoms with Gasteiger partial charge in [0, 0.05) is 0 Å². The van der Waals surface area contributed by atoms with Crippen molar-refractivity contribution in [1.82, 2.24) is 9.13 Å². The molecular weight excluding hydrogens is 228 g/mol. The highest BCUT2D eigenvalue weighted by atomic mass is 28.3. The van der Waals surface area contributed by atoms with Crippen LogP contribution in [0.5, 0.6) is 0 Å². The summed E-state index contributed by atoms with van der Waals surface area (Å²) in [5.74, 6) is 0. The van der Waals surface area contributed by atoms with E-state index in [2.05, 4.69) is 56.8 Å². The van der Waals surface area contributed by atoms with E-state index >= 15 is 0 Å². The minimum atomic E-state index is -0.334. The molecule has 16 heavy (non-hydrogen) atoms. The Kier molecular flexibility index (Phi) is 8.63. The molecule has 0 aromatic rings. The molecule has 0 N–H and O–H groups in total. The molecule has 0 saturated carbocycles. The number of rotatable bonds is 8. The highest BCUT2D eigenvalue weighted by Gasteiger charge is 2.29. The van der Waals surface area contributed by atoms with Crippen LogP contribution in [0.15, 0.2) is 0 Å². The molecular formula is C12H30N2Si2. The van der Waals surface area contributed by atoms with E-state index in [9.17, 15) is 0 Å². The average Bonchev–Trinajstić information content (AvgIpc) is 2.30. The maximum atomic E-state index is 2.69. The van der Waals surface area contributed by atoms with Gasteiger partial charge in [0.2, 0.25) is 0 Å². The van der Waals surface area contributed by atoms with E-state index in [0.717, 1.165) is 5.16 Å². The molecule has 0 saturated heterocycles. The van der Waals surface area contributed by atoms with Crippen molar-refractivity contribution < 1.29 is 0 Å². The second-order valence-electron chi connectivity index (χ2n) is 4.35. The summed E-state index contributed by atoms with van der Waals surface area (Å²) in [6.07, 6.45) is 0. The van der Waals surface area contributed by atoms with Crippen molar-refractivity contribution in [2.24, 2.45) is 0 Å². The molecule has 2 radical (unpaired) electrons. The van der Waals surface area contributed by atoms with Crippen LogP contribution in [-0.4, -0.2) is 53.2 Å². The third-order valence-corrected chi connectivity index (χ3v) is 12.1. The maximum absolute atomic E-state index is 2.69. The van der Waals surface area contributed by atoms with Gasteiger partial charge in [-0.25, -0.2) is 0 Å². The molecule has 0 amide bonds. The Balaban J connectivity index is 4.45. The van der Waals surface area contributed by atoms with Gasteiger partial charge in [-0.3, -0.25) is 0 Å². The molecule has 2 nitrogen and oxygen atoms in total. The lowest BCUT2D eigenvalue weighted by Crippen LogP contribution is -2.49. The highest BCUT2D eigenvalue weighted by molar-refractivity contribution is 6.76. The van der Waals surface area contributed by atoms with Gasteiger partial charge in [-0.1, -0.05) is 47.7 Å². The molecule has 0 heterocycles. The van der Waals surface area contributed by atoms with Gasteiger partial charge in [0.15, 0.2) is 0 Å². The predicted octanol–water partition coefficient (Wildman–Crippen LogP) is 2.84. The lowest BCUT2D eigenvalue weighted by atomic mass is 10.7. The number of hydrogen-bond donors (Lipinski definition) is 0. The fourth-order valence-corrected chi connectivity index (χ4v) is 8.90. The van der Waals surface area contributed by atoms with Gasteiger partial charge in [0.05, 0.1) is 0 Å². The second-order valence-corrected chi connectivity index (χ2v) is 10.5. The SMILES string of the molecule is CCN(CC)[Si](C)C(C)[Si](C)N(CC)CC. The van der Waals surface area contributed by atoms with Crippen LogP contribution in [0.1, 0.15) is 34.6 Å². The minimum Gasteiger partial charge on any atom is -0.325 e. The van der Waals surface area contributed by atoms with Gasteiger partial charge in [0.1, 0.15) is 17.9 Å². The summed E-state index contributed by atoms with van der Waals surface area (Å²) in [5.41, 5.74) is 0. The maximum Gasteiger partial charge on any atom is 0.134 e. The zero-order valence-electron chi connectivity index (χ0n) is 12.3. The number of nitrogens with zero attached hydrogens (tertiary/aromatic N) is 2. The average molecular weight is 259 g/mol. The molecule has 0 aliphatic heterocycles. The normalized spacial score (nSPS) is 12.8. The van der Waals surface area contributed by atoms with Crippen LogP contribution < -0.4 is 0 Å². The monoisotopic (exact) mass is 258 g/mol. The van der Waals surface area contributed by atoms with Gasteiger partial charge in [-0.2, -0.15) is 0 Å². The molecule has 0 aromatic heterocycles. The van der Waals surface area contributed by atoms with E-state index in [1.54, 1.807) is 0 Å². The molecule has 0 atom stereocenters. The van der Waals surface area contributed by atoms with E-state index in [4.69, 9.17) is 0 Å². The topological polar surface area (TPSA) is 6.48 Å². The van der Waals surface area contributed by atoms with Crippen LogP contribution >= 0.6 is 0 Å². The first kappa shape index (κ1) is 16.4. The Hall–Kier alpha value is 0.354. The first-order chi connectivity index (χ1) is 7.53. The van der Waals surface area contributed by atoms with Gasteiger partial charge in [-0.05, 0) is 31.3 Å². The van der Waals surface area contributed by atoms with Crippen LogP contribution in [0, 0.1) is 0 Å². The molecule has 0 spiro atoms. The van der Waals surface area contributed by atoms with E-state index in [1.165, 1.54) is 26.2 Å². The van der Waals surface area contributed by atoms with Gasteiger partial charge >= 0.3 is 0 Å². The molecule has 0 unspecified atom stereocenters. The van der Waals surface area contributed by atoms with Crippen molar-refractivity contribution in [3.63, 3.8) is 0 Å². The molecule has 0 bridgehead atoms. The lowest BCUT2D eigenvalue weighted by molar-refractivity contribution is 0.461. The quantitative estimate of drug-likeness (QED) is 0.618. The zero-order valence-corrected chi connectivity index (χ0v) is 14.3. The van der Waals surface area contributed by atoms with E-state index in [1.807, 2.05) is 0 Å². The largest absolute Gasteiger partial charge is 0.325 e. The second kappa shape index (κ2) is 8.45. The Morgan fingerprint density at radius 2 is 1.00 bits per heavy atom. The Bertz CT molecular complexity index is 152. The molecule has 96 valence electrons. The zero-order chi connectivity index (χ0) is 12.7. The first-order valence-electron chi connectivity index (χ1n) is 6.70. The third-order valence-electron chi connectivity index (χ3n) is 3.78. The molecule has 0 rings (SSSR count). The lowest BCUT2D eigenvalue weighted by Gasteiger charge is -2.36. The summed E-state index contributed by atoms with van der Waals surface area (Å²) in [6.45, 7) is 21.6.